The van der Waals surface area contributed by atoms with E-state index in [4.69, 9.17) is 18.3 Å². The second-order valence-electron chi connectivity index (χ2n) is 14.2. The van der Waals surface area contributed by atoms with Gasteiger partial charge in [-0.2, -0.15) is 0 Å². The number of carbonyl (C=O) groups excluding carboxylic acids is 7. The number of nitrogens with two attached hydrogens (primary N) is 1. The molecule has 0 saturated heterocycles. The number of anilines is 1. The molecule has 51 heavy (non-hydrogen) atoms. The number of Topliss-reactive ketones (excluding diaryl/α,β-unsaturated/α-hetero) is 2. The largest absolute Gasteiger partial charge is 0.445 e. The number of ether oxygens (including phenoxy) is 1. The summed E-state index contributed by atoms with van der Waals surface area (Å²) < 4.78 is 5.29. The molecule has 1 aromatic carbocycles. The molecule has 1 aliphatic carbocycles. The van der Waals surface area contributed by atoms with E-state index >= 15 is 0 Å². The summed E-state index contributed by atoms with van der Waals surface area (Å²) in [5.41, 5.74) is 6.51. The van der Waals surface area contributed by atoms with Gasteiger partial charge < -0.3 is 26.4 Å². The maximum Gasteiger partial charge on any atom is 0.410 e. The number of hydrogen-bond acceptors (Lipinski definition) is 8. The van der Waals surface area contributed by atoms with E-state index in [2.05, 4.69) is 16.0 Å². The number of ketones is 2. The average molecular weight is 710 g/mol. The van der Waals surface area contributed by atoms with Crippen LogP contribution in [0.15, 0.2) is 24.3 Å². The molecule has 0 heterocycles. The van der Waals surface area contributed by atoms with Crippen molar-refractivity contribution in [2.45, 2.75) is 117 Å². The van der Waals surface area contributed by atoms with E-state index in [9.17, 15) is 33.6 Å². The minimum absolute atomic E-state index is 0.0413. The van der Waals surface area contributed by atoms with Gasteiger partial charge in [-0.3, -0.25) is 33.7 Å². The number of carbonyl (C=O) groups is 7. The maximum atomic E-state index is 13.0. The summed E-state index contributed by atoms with van der Waals surface area (Å²) >= 11 is 0. The molecule has 0 aliphatic heterocycles. The quantitative estimate of drug-likeness (QED) is 0.0891. The first-order valence-corrected chi connectivity index (χ1v) is 18.0. The molecule has 14 heteroatoms. The topological polar surface area (TPSA) is 194 Å². The van der Waals surface area contributed by atoms with Crippen molar-refractivity contribution in [3.05, 3.63) is 29.8 Å². The number of rotatable bonds is 20. The third-order valence-corrected chi connectivity index (χ3v) is 9.80. The van der Waals surface area contributed by atoms with Crippen molar-refractivity contribution in [3.63, 3.8) is 0 Å². The molecular weight excluding hydrogens is 653 g/mol. The van der Waals surface area contributed by atoms with Crippen molar-refractivity contribution in [1.82, 2.24) is 15.5 Å². The van der Waals surface area contributed by atoms with Crippen LogP contribution in [-0.4, -0.2) is 79.7 Å². The van der Waals surface area contributed by atoms with Gasteiger partial charge in [-0.1, -0.05) is 84.7 Å². The number of hydrogen-bond donors (Lipinski definition) is 4. The number of unbranched alkanes of at least 4 members (excludes halogenated alkanes) is 2. The van der Waals surface area contributed by atoms with Crippen molar-refractivity contribution in [2.75, 3.05) is 18.9 Å². The Balaban J connectivity index is 1.75. The fraction of sp³-hybridized carbons (Fsp3) is 0.649. The van der Waals surface area contributed by atoms with E-state index in [1.165, 1.54) is 11.9 Å². The zero-order valence-corrected chi connectivity index (χ0v) is 31.2. The molecule has 0 bridgehead atoms. The number of likely N-dealkylation sites (N-methyl/N-ethyl adjacent to an activating group) is 1. The fourth-order valence-corrected chi connectivity index (χ4v) is 6.46. The highest BCUT2D eigenvalue weighted by atomic mass is 16.6. The summed E-state index contributed by atoms with van der Waals surface area (Å²) in [4.78, 5) is 88.9. The van der Waals surface area contributed by atoms with Crippen molar-refractivity contribution in [2.24, 2.45) is 29.4 Å². The number of nitrogens with zero attached hydrogens (tertiary/aromatic N) is 1. The van der Waals surface area contributed by atoms with Gasteiger partial charge in [0.1, 0.15) is 30.3 Å². The highest BCUT2D eigenvalue weighted by Crippen LogP contribution is 2.47. The minimum atomic E-state index is -0.843. The van der Waals surface area contributed by atoms with Crippen LogP contribution >= 0.6 is 0 Å². The average Bonchev–Trinajstić information content (AvgIpc) is 3.37. The predicted octanol–water partition coefficient (Wildman–Crippen LogP) is 3.83. The molecule has 2 radical (unpaired) electrons. The lowest BCUT2D eigenvalue weighted by Crippen LogP contribution is -2.51. The first kappa shape index (κ1) is 42.9. The van der Waals surface area contributed by atoms with Gasteiger partial charge in [0.15, 0.2) is 0 Å². The SMILES string of the molecule is [B]C(CC)(CC)C1CC(=O)C(CCCCCC(=O)NC(C(=O)NCC(=O)Nc2ccc(COC(=O)N(C)[C@H](C(N)=O)C(C)C)cc2)C(C)C)C1=O. The lowest BCUT2D eigenvalue weighted by molar-refractivity contribution is -0.130. The van der Waals surface area contributed by atoms with Gasteiger partial charge in [0.05, 0.1) is 20.3 Å². The molecule has 13 nitrogen and oxygen atoms in total. The Morgan fingerprint density at radius 1 is 0.961 bits per heavy atom. The third kappa shape index (κ3) is 12.5. The molecule has 2 rings (SSSR count). The van der Waals surface area contributed by atoms with Gasteiger partial charge in [-0.05, 0) is 42.4 Å². The van der Waals surface area contributed by atoms with Gasteiger partial charge in [0.25, 0.3) is 0 Å². The van der Waals surface area contributed by atoms with Crippen LogP contribution in [0.4, 0.5) is 10.5 Å². The summed E-state index contributed by atoms with van der Waals surface area (Å²) in [6.45, 7) is 10.6. The lowest BCUT2D eigenvalue weighted by atomic mass is 9.56. The van der Waals surface area contributed by atoms with E-state index in [1.54, 1.807) is 52.0 Å². The van der Waals surface area contributed by atoms with E-state index in [-0.39, 0.29) is 55.3 Å². The number of nitrogens with one attached hydrogen (secondary N) is 3. The molecule has 0 spiro atoms. The summed E-state index contributed by atoms with van der Waals surface area (Å²) in [5, 5.41) is 7.36. The van der Waals surface area contributed by atoms with Gasteiger partial charge >= 0.3 is 6.09 Å². The first-order chi connectivity index (χ1) is 23.9. The molecule has 1 saturated carbocycles. The van der Waals surface area contributed by atoms with Crippen molar-refractivity contribution < 1.29 is 38.3 Å². The van der Waals surface area contributed by atoms with Crippen molar-refractivity contribution in [3.8, 4) is 0 Å². The summed E-state index contributed by atoms with van der Waals surface area (Å²) in [6.07, 6.45) is 3.24. The zero-order valence-electron chi connectivity index (χ0n) is 31.2. The number of benzene rings is 1. The standard InChI is InChI=1S/C37H56BN5O8/c1-8-37(38,9-2)27-19-28(44)26(33(27)47)13-11-10-12-14-29(45)42-31(22(3)4)35(49)40-20-30(46)41-25-17-15-24(16-18-25)21-51-36(50)43(7)32(23(5)6)34(39)48/h15-18,22-23,26-27,31-32H,8-14,19-21H2,1-7H3,(H2,39,48)(H,40,49)(H,41,46)(H,42,45)/t26?,27?,31?,32-/m0/s1. The van der Waals surface area contributed by atoms with Crippen LogP contribution in [-0.2, 0) is 40.1 Å². The van der Waals surface area contributed by atoms with Crippen LogP contribution in [0, 0.1) is 23.7 Å². The monoisotopic (exact) mass is 709 g/mol. The Morgan fingerprint density at radius 3 is 2.14 bits per heavy atom. The van der Waals surface area contributed by atoms with Crippen LogP contribution < -0.4 is 21.7 Å². The van der Waals surface area contributed by atoms with E-state index in [0.29, 0.717) is 49.8 Å². The molecule has 3 unspecified atom stereocenters. The van der Waals surface area contributed by atoms with E-state index in [1.807, 2.05) is 13.8 Å². The van der Waals surface area contributed by atoms with Crippen molar-refractivity contribution >= 4 is 54.8 Å². The smallest absolute Gasteiger partial charge is 0.410 e. The van der Waals surface area contributed by atoms with Crippen LogP contribution in [0.1, 0.15) is 98.5 Å². The Labute approximate surface area is 303 Å². The predicted molar refractivity (Wildman–Crippen MR) is 194 cm³/mol. The highest BCUT2D eigenvalue weighted by molar-refractivity contribution is 6.21. The second-order valence-corrected chi connectivity index (χ2v) is 14.2. The van der Waals surface area contributed by atoms with Crippen molar-refractivity contribution in [1.29, 1.82) is 0 Å². The zero-order chi connectivity index (χ0) is 38.5. The number of amides is 5. The van der Waals surface area contributed by atoms with E-state index in [0.717, 1.165) is 0 Å². The molecule has 5 amide bonds. The van der Waals surface area contributed by atoms with Crippen LogP contribution in [0.2, 0.25) is 5.31 Å². The van der Waals surface area contributed by atoms with Crippen LogP contribution in [0.25, 0.3) is 0 Å². The molecule has 1 fully saturated rings. The molecule has 0 aromatic heterocycles. The van der Waals surface area contributed by atoms with Gasteiger partial charge in [0, 0.05) is 31.5 Å². The highest BCUT2D eigenvalue weighted by Gasteiger charge is 2.47. The van der Waals surface area contributed by atoms with E-state index < -0.39 is 53.0 Å². The van der Waals surface area contributed by atoms with Crippen LogP contribution in [0.5, 0.6) is 0 Å². The Kier molecular flexibility index (Phi) is 16.8. The maximum absolute atomic E-state index is 13.0. The molecule has 1 aliphatic rings. The summed E-state index contributed by atoms with van der Waals surface area (Å²) in [5.74, 6) is -3.45. The summed E-state index contributed by atoms with van der Waals surface area (Å²) in [6, 6.07) is 4.91. The first-order valence-electron chi connectivity index (χ1n) is 18.0. The Morgan fingerprint density at radius 2 is 1.59 bits per heavy atom. The molecule has 280 valence electrons. The van der Waals surface area contributed by atoms with Gasteiger partial charge in [0.2, 0.25) is 23.6 Å². The molecule has 4 atom stereocenters. The van der Waals surface area contributed by atoms with Gasteiger partial charge in [-0.25, -0.2) is 4.79 Å². The van der Waals surface area contributed by atoms with Crippen LogP contribution in [0.3, 0.4) is 0 Å². The fourth-order valence-electron chi connectivity index (χ4n) is 6.46. The Hall–Kier alpha value is -4.23. The normalized spacial score (nSPS) is 17.2. The lowest BCUT2D eigenvalue weighted by Gasteiger charge is -2.33. The molecule has 5 N–H and O–H groups in total. The number of primary amides is 1. The molecule has 1 aromatic rings. The minimum Gasteiger partial charge on any atom is -0.445 e. The molecular formula is C37H56BN5O8. The summed E-state index contributed by atoms with van der Waals surface area (Å²) in [7, 11) is 7.88. The Bertz CT molecular complexity index is 1400. The van der Waals surface area contributed by atoms with Gasteiger partial charge in [-0.15, -0.1) is 0 Å². The third-order valence-electron chi connectivity index (χ3n) is 9.80. The second kappa shape index (κ2) is 20.0.